The van der Waals surface area contributed by atoms with Crippen molar-refractivity contribution in [3.05, 3.63) is 35.9 Å². The number of hydrogen-bond acceptors (Lipinski definition) is 1. The largest absolute Gasteiger partial charge is 0.484 e. The molecule has 0 radical (unpaired) electrons. The maximum atomic E-state index is 11.9. The Hall–Kier alpha value is -1.45. The quantitative estimate of drug-likeness (QED) is 0.750. The van der Waals surface area contributed by atoms with Crippen LogP contribution in [0.5, 0.6) is 5.75 Å². The Kier molecular flexibility index (Phi) is 3.39. The van der Waals surface area contributed by atoms with E-state index in [1.807, 2.05) is 0 Å². The third-order valence-electron chi connectivity index (χ3n) is 1.94. The Morgan fingerprint density at radius 3 is 2.60 bits per heavy atom. The molecule has 1 aromatic rings. The first-order valence-corrected chi connectivity index (χ1v) is 4.35. The lowest BCUT2D eigenvalue weighted by atomic mass is 10.1. The second kappa shape index (κ2) is 4.38. The van der Waals surface area contributed by atoms with Gasteiger partial charge in [-0.3, -0.25) is 0 Å². The molecular formula is C11H11F3O. The van der Waals surface area contributed by atoms with Gasteiger partial charge < -0.3 is 4.74 Å². The molecule has 82 valence electrons. The number of hydrogen-bond donors (Lipinski definition) is 0. The van der Waals surface area contributed by atoms with Crippen LogP contribution in [-0.2, 0) is 0 Å². The summed E-state index contributed by atoms with van der Waals surface area (Å²) >= 11 is 0. The predicted octanol–water partition coefficient (Wildman–Crippen LogP) is 3.58. The van der Waals surface area contributed by atoms with Crippen molar-refractivity contribution in [2.75, 3.05) is 6.61 Å². The van der Waals surface area contributed by atoms with Crippen molar-refractivity contribution >= 4 is 6.08 Å². The molecule has 0 fully saturated rings. The molecule has 0 N–H and O–H groups in total. The van der Waals surface area contributed by atoms with E-state index < -0.39 is 12.8 Å². The van der Waals surface area contributed by atoms with Crippen molar-refractivity contribution in [3.8, 4) is 5.75 Å². The van der Waals surface area contributed by atoms with Gasteiger partial charge in [0, 0.05) is 0 Å². The zero-order chi connectivity index (χ0) is 11.5. The second-order valence-electron chi connectivity index (χ2n) is 3.08. The van der Waals surface area contributed by atoms with E-state index in [0.29, 0.717) is 5.56 Å². The van der Waals surface area contributed by atoms with Gasteiger partial charge in [-0.2, -0.15) is 13.2 Å². The maximum Gasteiger partial charge on any atom is 0.422 e. The van der Waals surface area contributed by atoms with Gasteiger partial charge in [0.25, 0.3) is 0 Å². The molecule has 0 atom stereocenters. The average Bonchev–Trinajstić information content (AvgIpc) is 2.15. The number of ether oxygens (including phenoxy) is 1. The fraction of sp³-hybridized carbons (Fsp3) is 0.273. The predicted molar refractivity (Wildman–Crippen MR) is 52.8 cm³/mol. The highest BCUT2D eigenvalue weighted by atomic mass is 19.4. The fourth-order valence-corrected chi connectivity index (χ4v) is 1.17. The summed E-state index contributed by atoms with van der Waals surface area (Å²) in [5.41, 5.74) is 1.44. The molecule has 0 aliphatic heterocycles. The highest BCUT2D eigenvalue weighted by Crippen LogP contribution is 2.24. The zero-order valence-electron chi connectivity index (χ0n) is 8.27. The molecule has 0 aliphatic rings. The highest BCUT2D eigenvalue weighted by Gasteiger charge is 2.28. The molecule has 1 nitrogen and oxygen atoms in total. The third kappa shape index (κ3) is 3.31. The topological polar surface area (TPSA) is 9.23 Å². The van der Waals surface area contributed by atoms with Crippen molar-refractivity contribution in [2.24, 2.45) is 0 Å². The van der Waals surface area contributed by atoms with Crippen LogP contribution in [0, 0.1) is 6.92 Å². The van der Waals surface area contributed by atoms with Crippen LogP contribution in [0.25, 0.3) is 6.08 Å². The van der Waals surface area contributed by atoms with Crippen molar-refractivity contribution in [1.29, 1.82) is 0 Å². The van der Waals surface area contributed by atoms with E-state index in [2.05, 4.69) is 11.3 Å². The van der Waals surface area contributed by atoms with E-state index in [-0.39, 0.29) is 5.75 Å². The first-order valence-electron chi connectivity index (χ1n) is 4.35. The molecule has 0 aliphatic carbocycles. The molecule has 4 heteroatoms. The smallest absolute Gasteiger partial charge is 0.422 e. The second-order valence-corrected chi connectivity index (χ2v) is 3.08. The Bertz CT molecular complexity index is 355. The minimum Gasteiger partial charge on any atom is -0.484 e. The summed E-state index contributed by atoms with van der Waals surface area (Å²) in [6, 6.07) is 4.91. The van der Waals surface area contributed by atoms with Gasteiger partial charge in [0.2, 0.25) is 0 Å². The summed E-state index contributed by atoms with van der Waals surface area (Å²) in [4.78, 5) is 0. The molecule has 0 bridgehead atoms. The minimum absolute atomic E-state index is 0.240. The monoisotopic (exact) mass is 216 g/mol. The van der Waals surface area contributed by atoms with Crippen LogP contribution in [0.4, 0.5) is 13.2 Å². The van der Waals surface area contributed by atoms with Crippen LogP contribution >= 0.6 is 0 Å². The lowest BCUT2D eigenvalue weighted by Crippen LogP contribution is -2.19. The van der Waals surface area contributed by atoms with Crippen LogP contribution in [0.15, 0.2) is 24.8 Å². The molecule has 0 saturated carbocycles. The number of halogens is 3. The molecule has 0 heterocycles. The third-order valence-corrected chi connectivity index (χ3v) is 1.94. The first-order chi connectivity index (χ1) is 6.94. The Labute approximate surface area is 86.2 Å². The zero-order valence-corrected chi connectivity index (χ0v) is 8.27. The van der Waals surface area contributed by atoms with Gasteiger partial charge >= 0.3 is 6.18 Å². The van der Waals surface area contributed by atoms with Gasteiger partial charge in [-0.05, 0) is 24.1 Å². The van der Waals surface area contributed by atoms with E-state index in [1.165, 1.54) is 6.07 Å². The van der Waals surface area contributed by atoms with E-state index in [0.717, 1.165) is 5.56 Å². The lowest BCUT2D eigenvalue weighted by molar-refractivity contribution is -0.153. The van der Waals surface area contributed by atoms with Gasteiger partial charge in [0.05, 0.1) is 0 Å². The SMILES string of the molecule is C=Cc1cccc(OCC(F)(F)F)c1C. The van der Waals surface area contributed by atoms with E-state index in [1.54, 1.807) is 25.1 Å². The van der Waals surface area contributed by atoms with Crippen molar-refractivity contribution in [2.45, 2.75) is 13.1 Å². The molecule has 15 heavy (non-hydrogen) atoms. The number of benzene rings is 1. The Balaban J connectivity index is 2.82. The lowest BCUT2D eigenvalue weighted by Gasteiger charge is -2.12. The Morgan fingerprint density at radius 1 is 1.40 bits per heavy atom. The summed E-state index contributed by atoms with van der Waals surface area (Å²) in [5.74, 6) is 0.240. The molecule has 0 aromatic heterocycles. The standard InChI is InChI=1S/C11H11F3O/c1-3-9-5-4-6-10(8(9)2)15-7-11(12,13)14/h3-6H,1,7H2,2H3. The summed E-state index contributed by atoms with van der Waals surface area (Å²) in [6.07, 6.45) is -2.73. The molecule has 0 saturated heterocycles. The molecule has 0 unspecified atom stereocenters. The molecular weight excluding hydrogens is 205 g/mol. The first kappa shape index (κ1) is 11.6. The van der Waals surface area contributed by atoms with Gasteiger partial charge in [0.15, 0.2) is 6.61 Å². The molecule has 1 aromatic carbocycles. The molecule has 0 spiro atoms. The number of rotatable bonds is 3. The summed E-state index contributed by atoms with van der Waals surface area (Å²) in [5, 5.41) is 0. The van der Waals surface area contributed by atoms with Crippen molar-refractivity contribution in [3.63, 3.8) is 0 Å². The normalized spacial score (nSPS) is 11.2. The Morgan fingerprint density at radius 2 is 2.07 bits per heavy atom. The fourth-order valence-electron chi connectivity index (χ4n) is 1.17. The average molecular weight is 216 g/mol. The summed E-state index contributed by atoms with van der Waals surface area (Å²) < 4.78 is 40.4. The van der Waals surface area contributed by atoms with Gasteiger partial charge in [-0.25, -0.2) is 0 Å². The van der Waals surface area contributed by atoms with Gasteiger partial charge in [-0.1, -0.05) is 24.8 Å². The summed E-state index contributed by atoms with van der Waals surface area (Å²) in [7, 11) is 0. The van der Waals surface area contributed by atoms with E-state index in [9.17, 15) is 13.2 Å². The van der Waals surface area contributed by atoms with E-state index in [4.69, 9.17) is 0 Å². The van der Waals surface area contributed by atoms with Crippen LogP contribution in [0.3, 0.4) is 0 Å². The van der Waals surface area contributed by atoms with Crippen LogP contribution in [0.2, 0.25) is 0 Å². The van der Waals surface area contributed by atoms with Crippen LogP contribution in [-0.4, -0.2) is 12.8 Å². The van der Waals surface area contributed by atoms with Crippen LogP contribution in [0.1, 0.15) is 11.1 Å². The van der Waals surface area contributed by atoms with E-state index >= 15 is 0 Å². The van der Waals surface area contributed by atoms with Crippen molar-refractivity contribution < 1.29 is 17.9 Å². The molecule has 1 rings (SSSR count). The maximum absolute atomic E-state index is 11.9. The van der Waals surface area contributed by atoms with Crippen molar-refractivity contribution in [1.82, 2.24) is 0 Å². The van der Waals surface area contributed by atoms with Gasteiger partial charge in [0.1, 0.15) is 5.75 Å². The molecule has 0 amide bonds. The number of alkyl halides is 3. The van der Waals surface area contributed by atoms with Crippen LogP contribution < -0.4 is 4.74 Å². The highest BCUT2D eigenvalue weighted by molar-refractivity contribution is 5.55. The summed E-state index contributed by atoms with van der Waals surface area (Å²) in [6.45, 7) is 3.99. The van der Waals surface area contributed by atoms with Gasteiger partial charge in [-0.15, -0.1) is 0 Å². The minimum atomic E-state index is -4.31.